The van der Waals surface area contributed by atoms with Crippen LogP contribution in [0, 0.1) is 6.92 Å². The van der Waals surface area contributed by atoms with E-state index >= 15 is 0 Å². The van der Waals surface area contributed by atoms with Crippen molar-refractivity contribution in [1.29, 1.82) is 0 Å². The van der Waals surface area contributed by atoms with Crippen molar-refractivity contribution in [1.82, 2.24) is 15.1 Å². The van der Waals surface area contributed by atoms with E-state index in [-0.39, 0.29) is 12.1 Å². The molecule has 5 heteroatoms. The molecule has 0 aliphatic carbocycles. The first-order chi connectivity index (χ1) is 12.1. The number of carbonyl (C=O) groups is 1. The van der Waals surface area contributed by atoms with Gasteiger partial charge in [-0.25, -0.2) is 4.79 Å². The smallest absolute Gasteiger partial charge is 0.317 e. The van der Waals surface area contributed by atoms with Crippen molar-refractivity contribution in [3.05, 3.63) is 35.4 Å². The first-order valence-corrected chi connectivity index (χ1v) is 9.63. The van der Waals surface area contributed by atoms with Crippen LogP contribution in [0.4, 0.5) is 4.79 Å². The lowest BCUT2D eigenvalue weighted by Crippen LogP contribution is -2.52. The lowest BCUT2D eigenvalue weighted by atomic mass is 9.99. The van der Waals surface area contributed by atoms with Gasteiger partial charge in [-0.1, -0.05) is 24.3 Å². The Labute approximate surface area is 151 Å². The second-order valence-corrected chi connectivity index (χ2v) is 7.42. The lowest BCUT2D eigenvalue weighted by molar-refractivity contribution is 0.0292. The summed E-state index contributed by atoms with van der Waals surface area (Å²) in [5, 5.41) is 12.9. The summed E-state index contributed by atoms with van der Waals surface area (Å²) in [5.74, 6) is 0. The van der Waals surface area contributed by atoms with Gasteiger partial charge < -0.3 is 15.3 Å². The van der Waals surface area contributed by atoms with Gasteiger partial charge in [0.25, 0.3) is 0 Å². The van der Waals surface area contributed by atoms with Gasteiger partial charge >= 0.3 is 6.03 Å². The third-order valence-electron chi connectivity index (χ3n) is 5.63. The molecular weight excluding hydrogens is 314 g/mol. The Balaban J connectivity index is 1.39. The van der Waals surface area contributed by atoms with Crippen LogP contribution in [0.2, 0.25) is 0 Å². The fourth-order valence-electron chi connectivity index (χ4n) is 4.06. The number of hydrogen-bond acceptors (Lipinski definition) is 3. The van der Waals surface area contributed by atoms with Crippen LogP contribution < -0.4 is 5.32 Å². The van der Waals surface area contributed by atoms with E-state index in [1.165, 1.54) is 11.1 Å². The van der Waals surface area contributed by atoms with Crippen LogP contribution in [0.15, 0.2) is 24.3 Å². The molecule has 3 rings (SSSR count). The van der Waals surface area contributed by atoms with Gasteiger partial charge in [0.1, 0.15) is 0 Å². The molecule has 0 aromatic heterocycles. The van der Waals surface area contributed by atoms with Gasteiger partial charge in [-0.2, -0.15) is 0 Å². The number of rotatable bonds is 4. The van der Waals surface area contributed by atoms with Crippen LogP contribution in [0.5, 0.6) is 0 Å². The van der Waals surface area contributed by atoms with Crippen molar-refractivity contribution in [2.75, 3.05) is 32.7 Å². The highest BCUT2D eigenvalue weighted by atomic mass is 16.3. The summed E-state index contributed by atoms with van der Waals surface area (Å²) in [7, 11) is 0. The molecule has 1 aromatic rings. The monoisotopic (exact) mass is 345 g/mol. The predicted molar refractivity (Wildman–Crippen MR) is 99.7 cm³/mol. The Morgan fingerprint density at radius 2 is 1.96 bits per heavy atom. The number of nitrogens with one attached hydrogen (secondary N) is 1. The van der Waals surface area contributed by atoms with Crippen molar-refractivity contribution in [2.24, 2.45) is 0 Å². The first-order valence-electron chi connectivity index (χ1n) is 9.63. The maximum absolute atomic E-state index is 12.4. The summed E-state index contributed by atoms with van der Waals surface area (Å²) >= 11 is 0. The molecule has 2 N–H and O–H groups in total. The summed E-state index contributed by atoms with van der Waals surface area (Å²) in [4.78, 5) is 16.7. The predicted octanol–water partition coefficient (Wildman–Crippen LogP) is 2.17. The van der Waals surface area contributed by atoms with Crippen LogP contribution in [-0.2, 0) is 6.42 Å². The van der Waals surface area contributed by atoms with Crippen molar-refractivity contribution >= 4 is 6.03 Å². The number of β-amino-alcohol motifs (C(OH)–C–C–N with tert-alkyl or cyclic N) is 1. The molecule has 1 atom stereocenters. The van der Waals surface area contributed by atoms with Gasteiger partial charge in [-0.15, -0.1) is 0 Å². The van der Waals surface area contributed by atoms with Crippen molar-refractivity contribution in [3.8, 4) is 0 Å². The normalized spacial score (nSPS) is 22.8. The summed E-state index contributed by atoms with van der Waals surface area (Å²) in [6.07, 6.45) is 4.74. The molecule has 5 nitrogen and oxygen atoms in total. The first kappa shape index (κ1) is 18.2. The van der Waals surface area contributed by atoms with Crippen LogP contribution in [-0.4, -0.2) is 65.8 Å². The topological polar surface area (TPSA) is 55.8 Å². The molecule has 0 radical (unpaired) electrons. The summed E-state index contributed by atoms with van der Waals surface area (Å²) in [5.41, 5.74) is 2.58. The van der Waals surface area contributed by atoms with E-state index in [2.05, 4.69) is 29.3 Å². The van der Waals surface area contributed by atoms with E-state index in [1.807, 2.05) is 17.0 Å². The Morgan fingerprint density at radius 1 is 1.20 bits per heavy atom. The van der Waals surface area contributed by atoms with E-state index in [0.717, 1.165) is 58.3 Å². The van der Waals surface area contributed by atoms with Gasteiger partial charge in [-0.05, 0) is 56.7 Å². The maximum atomic E-state index is 12.4. The minimum atomic E-state index is -0.170. The Hall–Kier alpha value is -1.59. The molecule has 25 heavy (non-hydrogen) atoms. The molecule has 2 amide bonds. The van der Waals surface area contributed by atoms with Crippen LogP contribution in [0.25, 0.3) is 0 Å². The average molecular weight is 345 g/mol. The average Bonchev–Trinajstić information content (AvgIpc) is 2.63. The van der Waals surface area contributed by atoms with Gasteiger partial charge in [0, 0.05) is 32.2 Å². The van der Waals surface area contributed by atoms with Crippen LogP contribution in [0.3, 0.4) is 0 Å². The van der Waals surface area contributed by atoms with Crippen LogP contribution >= 0.6 is 0 Å². The Kier molecular flexibility index (Phi) is 6.32. The summed E-state index contributed by atoms with van der Waals surface area (Å²) in [6.45, 7) is 6.31. The van der Waals surface area contributed by atoms with Crippen molar-refractivity contribution in [2.45, 2.75) is 51.2 Å². The van der Waals surface area contributed by atoms with Gasteiger partial charge in [0.05, 0.1) is 6.10 Å². The highest BCUT2D eigenvalue weighted by molar-refractivity contribution is 5.74. The molecule has 0 spiro atoms. The number of nitrogens with zero attached hydrogens (tertiary/aromatic N) is 2. The number of benzene rings is 1. The SMILES string of the molecule is Cc1ccccc1CCNC(=O)N1CCC(N2CCCC(O)C2)CC1. The zero-order valence-corrected chi connectivity index (χ0v) is 15.3. The number of urea groups is 1. The van der Waals surface area contributed by atoms with E-state index in [4.69, 9.17) is 0 Å². The number of aliphatic hydroxyl groups excluding tert-OH is 1. The second-order valence-electron chi connectivity index (χ2n) is 7.42. The minimum absolute atomic E-state index is 0.0608. The molecule has 2 saturated heterocycles. The molecule has 2 aliphatic heterocycles. The zero-order valence-electron chi connectivity index (χ0n) is 15.3. The van der Waals surface area contributed by atoms with Gasteiger partial charge in [-0.3, -0.25) is 4.90 Å². The number of hydrogen-bond donors (Lipinski definition) is 2. The number of piperidine rings is 2. The van der Waals surface area contributed by atoms with E-state index in [9.17, 15) is 9.90 Å². The fourth-order valence-corrected chi connectivity index (χ4v) is 4.06. The largest absolute Gasteiger partial charge is 0.392 e. The molecule has 1 aromatic carbocycles. The zero-order chi connectivity index (χ0) is 17.6. The third-order valence-corrected chi connectivity index (χ3v) is 5.63. The maximum Gasteiger partial charge on any atom is 0.317 e. The van der Waals surface area contributed by atoms with E-state index in [0.29, 0.717) is 12.6 Å². The highest BCUT2D eigenvalue weighted by Gasteiger charge is 2.29. The molecule has 0 saturated carbocycles. The fraction of sp³-hybridized carbons (Fsp3) is 0.650. The highest BCUT2D eigenvalue weighted by Crippen LogP contribution is 2.21. The quantitative estimate of drug-likeness (QED) is 0.879. The number of likely N-dealkylation sites (tertiary alicyclic amines) is 2. The molecule has 1 unspecified atom stereocenters. The van der Waals surface area contributed by atoms with E-state index in [1.54, 1.807) is 0 Å². The van der Waals surface area contributed by atoms with Gasteiger partial charge in [0.2, 0.25) is 0 Å². The summed E-state index contributed by atoms with van der Waals surface area (Å²) < 4.78 is 0. The summed E-state index contributed by atoms with van der Waals surface area (Å²) in [6, 6.07) is 8.91. The number of amides is 2. The molecule has 0 bridgehead atoms. The van der Waals surface area contributed by atoms with Crippen LogP contribution in [0.1, 0.15) is 36.8 Å². The van der Waals surface area contributed by atoms with Crippen molar-refractivity contribution in [3.63, 3.8) is 0 Å². The number of aryl methyl sites for hydroxylation is 1. The minimum Gasteiger partial charge on any atom is -0.392 e. The second kappa shape index (κ2) is 8.68. The lowest BCUT2D eigenvalue weighted by Gasteiger charge is -2.41. The van der Waals surface area contributed by atoms with Crippen molar-refractivity contribution < 1.29 is 9.90 Å². The molecule has 2 fully saturated rings. The molecule has 2 aliphatic rings. The number of aliphatic hydroxyl groups is 1. The molecule has 2 heterocycles. The Morgan fingerprint density at radius 3 is 2.68 bits per heavy atom. The molecule has 138 valence electrons. The molecular formula is C20H31N3O2. The van der Waals surface area contributed by atoms with Gasteiger partial charge in [0.15, 0.2) is 0 Å². The standard InChI is InChI=1S/C20H31N3O2/c1-16-5-2-3-6-17(16)8-11-21-20(25)22-13-9-18(10-14-22)23-12-4-7-19(24)15-23/h2-3,5-6,18-19,24H,4,7-15H2,1H3,(H,21,25). The van der Waals surface area contributed by atoms with E-state index < -0.39 is 0 Å². The number of carbonyl (C=O) groups excluding carboxylic acids is 1. The Bertz CT molecular complexity index is 570. The third kappa shape index (κ3) is 4.95.